The van der Waals surface area contributed by atoms with Crippen molar-refractivity contribution in [2.45, 2.75) is 31.9 Å². The van der Waals surface area contributed by atoms with Gasteiger partial charge in [-0.25, -0.2) is 0 Å². The summed E-state index contributed by atoms with van der Waals surface area (Å²) < 4.78 is 11.4. The van der Waals surface area contributed by atoms with Crippen LogP contribution in [0.3, 0.4) is 0 Å². The summed E-state index contributed by atoms with van der Waals surface area (Å²) in [6, 6.07) is 1.15. The van der Waals surface area contributed by atoms with Gasteiger partial charge >= 0.3 is 8.56 Å². The van der Waals surface area contributed by atoms with Crippen LogP contribution in [0.1, 0.15) is 19.3 Å². The van der Waals surface area contributed by atoms with Gasteiger partial charge in [0.05, 0.1) is 0 Å². The van der Waals surface area contributed by atoms with Crippen LogP contribution in [0.25, 0.3) is 0 Å². The van der Waals surface area contributed by atoms with Gasteiger partial charge in [-0.15, -0.1) is 0 Å². The summed E-state index contributed by atoms with van der Waals surface area (Å²) in [6.07, 6.45) is 3.87. The molecule has 3 nitrogen and oxygen atoms in total. The zero-order valence-electron chi connectivity index (χ0n) is 9.71. The fraction of sp³-hybridized carbons (Fsp3) is 1.00. The quantitative estimate of drug-likeness (QED) is 0.626. The molecule has 1 aliphatic rings. The lowest BCUT2D eigenvalue weighted by Gasteiger charge is -2.28. The van der Waals surface area contributed by atoms with Crippen molar-refractivity contribution in [3.8, 4) is 0 Å². The zero-order valence-corrected chi connectivity index (χ0v) is 10.7. The number of likely N-dealkylation sites (N-methyl/N-ethyl adjacent to an activating group) is 1. The molecule has 14 heavy (non-hydrogen) atoms. The minimum absolute atomic E-state index is 0.826. The average molecular weight is 217 g/mol. The van der Waals surface area contributed by atoms with Crippen LogP contribution in [-0.2, 0) is 8.85 Å². The van der Waals surface area contributed by atoms with Gasteiger partial charge in [0, 0.05) is 20.3 Å². The lowest BCUT2D eigenvalue weighted by molar-refractivity contribution is 0.169. The van der Waals surface area contributed by atoms with Crippen molar-refractivity contribution in [1.82, 2.24) is 4.90 Å². The highest BCUT2D eigenvalue weighted by Gasteiger charge is 2.29. The van der Waals surface area contributed by atoms with E-state index in [1.807, 2.05) is 0 Å². The Morgan fingerprint density at radius 2 is 2.00 bits per heavy atom. The third-order valence-corrected chi connectivity index (χ3v) is 5.92. The molecule has 0 radical (unpaired) electrons. The molecular formula is C10H23NO2Si. The van der Waals surface area contributed by atoms with Gasteiger partial charge in [-0.05, 0) is 32.6 Å². The first-order valence-corrected chi connectivity index (χ1v) is 8.06. The van der Waals surface area contributed by atoms with Gasteiger partial charge in [0.25, 0.3) is 0 Å². The highest BCUT2D eigenvalue weighted by atomic mass is 28.4. The largest absolute Gasteiger partial charge is 0.398 e. The topological polar surface area (TPSA) is 21.7 Å². The predicted molar refractivity (Wildman–Crippen MR) is 60.7 cm³/mol. The van der Waals surface area contributed by atoms with Crippen molar-refractivity contribution in [2.24, 2.45) is 0 Å². The molecule has 0 spiro atoms. The van der Waals surface area contributed by atoms with Gasteiger partial charge < -0.3 is 13.8 Å². The molecule has 1 fully saturated rings. The van der Waals surface area contributed by atoms with E-state index in [9.17, 15) is 0 Å². The van der Waals surface area contributed by atoms with Crippen LogP contribution in [0.4, 0.5) is 0 Å². The standard InChI is InChI=1S/C10H23NO2Si/c1-11-7-5-4-6-10-14(3,12-2)13-9-8-11/h4-10H2,1-3H3. The van der Waals surface area contributed by atoms with E-state index >= 15 is 0 Å². The van der Waals surface area contributed by atoms with E-state index in [0.29, 0.717) is 0 Å². The summed E-state index contributed by atoms with van der Waals surface area (Å²) in [4.78, 5) is 2.34. The van der Waals surface area contributed by atoms with Crippen LogP contribution < -0.4 is 0 Å². The molecule has 1 unspecified atom stereocenters. The molecule has 0 aliphatic carbocycles. The normalized spacial score (nSPS) is 32.8. The Balaban J connectivity index is 2.41. The highest BCUT2D eigenvalue weighted by Crippen LogP contribution is 2.18. The molecule has 1 aliphatic heterocycles. The van der Waals surface area contributed by atoms with Crippen LogP contribution in [-0.4, -0.2) is 47.3 Å². The summed E-state index contributed by atoms with van der Waals surface area (Å²) in [7, 11) is 2.15. The Kier molecular flexibility index (Phi) is 5.09. The summed E-state index contributed by atoms with van der Waals surface area (Å²) >= 11 is 0. The maximum Gasteiger partial charge on any atom is 0.334 e. The van der Waals surface area contributed by atoms with Crippen LogP contribution >= 0.6 is 0 Å². The summed E-state index contributed by atoms with van der Waals surface area (Å²) in [5.74, 6) is 0. The minimum Gasteiger partial charge on any atom is -0.398 e. The summed E-state index contributed by atoms with van der Waals surface area (Å²) in [6.45, 7) is 5.24. The van der Waals surface area contributed by atoms with Gasteiger partial charge in [-0.3, -0.25) is 0 Å². The van der Waals surface area contributed by atoms with Crippen molar-refractivity contribution in [2.75, 3.05) is 33.9 Å². The van der Waals surface area contributed by atoms with E-state index in [1.54, 1.807) is 7.11 Å². The van der Waals surface area contributed by atoms with Crippen molar-refractivity contribution >= 4 is 8.56 Å². The van der Waals surface area contributed by atoms with Gasteiger partial charge in [0.1, 0.15) is 0 Å². The summed E-state index contributed by atoms with van der Waals surface area (Å²) in [5.41, 5.74) is 0. The molecule has 1 saturated heterocycles. The predicted octanol–water partition coefficient (Wildman–Crippen LogP) is 1.84. The average Bonchev–Trinajstić information content (AvgIpc) is 2.17. The van der Waals surface area contributed by atoms with Gasteiger partial charge in [-0.2, -0.15) is 0 Å². The molecule has 0 saturated carbocycles. The van der Waals surface area contributed by atoms with Crippen LogP contribution in [0.5, 0.6) is 0 Å². The van der Waals surface area contributed by atoms with Crippen LogP contribution in [0.2, 0.25) is 12.6 Å². The molecule has 0 aromatic rings. The molecule has 1 heterocycles. The first-order chi connectivity index (χ1) is 6.66. The van der Waals surface area contributed by atoms with E-state index in [4.69, 9.17) is 8.85 Å². The molecular weight excluding hydrogens is 194 g/mol. The van der Waals surface area contributed by atoms with E-state index in [1.165, 1.54) is 25.8 Å². The van der Waals surface area contributed by atoms with Gasteiger partial charge in [-0.1, -0.05) is 12.8 Å². The van der Waals surface area contributed by atoms with Crippen molar-refractivity contribution in [1.29, 1.82) is 0 Å². The van der Waals surface area contributed by atoms with Crippen molar-refractivity contribution < 1.29 is 8.85 Å². The first kappa shape index (κ1) is 12.2. The second-order valence-corrected chi connectivity index (χ2v) is 7.76. The lowest BCUT2D eigenvalue weighted by atomic mass is 10.2. The van der Waals surface area contributed by atoms with Crippen LogP contribution in [0.15, 0.2) is 0 Å². The second-order valence-electron chi connectivity index (χ2n) is 4.30. The fourth-order valence-electron chi connectivity index (χ4n) is 1.77. The number of nitrogens with zero attached hydrogens (tertiary/aromatic N) is 1. The maximum atomic E-state index is 5.90. The SMILES string of the molecule is CO[Si]1(C)CCCCCN(C)CCO1. The molecule has 4 heteroatoms. The molecule has 1 rings (SSSR count). The Morgan fingerprint density at radius 1 is 1.21 bits per heavy atom. The third-order valence-electron chi connectivity index (χ3n) is 2.98. The number of rotatable bonds is 1. The number of hydrogen-bond donors (Lipinski definition) is 0. The van der Waals surface area contributed by atoms with E-state index < -0.39 is 8.56 Å². The van der Waals surface area contributed by atoms with E-state index in [-0.39, 0.29) is 0 Å². The van der Waals surface area contributed by atoms with Crippen LogP contribution in [0, 0.1) is 0 Å². The number of hydrogen-bond acceptors (Lipinski definition) is 3. The fourth-order valence-corrected chi connectivity index (χ4v) is 3.65. The van der Waals surface area contributed by atoms with Gasteiger partial charge in [0.15, 0.2) is 0 Å². The molecule has 0 bridgehead atoms. The molecule has 0 N–H and O–H groups in total. The van der Waals surface area contributed by atoms with E-state index in [2.05, 4.69) is 18.5 Å². The summed E-state index contributed by atoms with van der Waals surface area (Å²) in [5, 5.41) is 0. The maximum absolute atomic E-state index is 5.90. The zero-order chi connectivity index (χ0) is 10.4. The molecule has 84 valence electrons. The van der Waals surface area contributed by atoms with Crippen molar-refractivity contribution in [3.63, 3.8) is 0 Å². The molecule has 0 aromatic carbocycles. The third kappa shape index (κ3) is 4.08. The Morgan fingerprint density at radius 3 is 2.71 bits per heavy atom. The lowest BCUT2D eigenvalue weighted by Crippen LogP contribution is -2.40. The second kappa shape index (κ2) is 5.85. The highest BCUT2D eigenvalue weighted by molar-refractivity contribution is 6.65. The molecule has 0 amide bonds. The molecule has 1 atom stereocenters. The first-order valence-electron chi connectivity index (χ1n) is 5.54. The van der Waals surface area contributed by atoms with Crippen molar-refractivity contribution in [3.05, 3.63) is 0 Å². The van der Waals surface area contributed by atoms with E-state index in [0.717, 1.165) is 19.2 Å². The van der Waals surface area contributed by atoms with Gasteiger partial charge in [0.2, 0.25) is 0 Å². The minimum atomic E-state index is -1.80. The smallest absolute Gasteiger partial charge is 0.334 e. The Hall–Kier alpha value is 0.0969. The Labute approximate surface area is 88.6 Å². The molecule has 0 aromatic heterocycles. The Bertz CT molecular complexity index is 168. The monoisotopic (exact) mass is 217 g/mol.